The number of hydrogen-bond donors (Lipinski definition) is 1. The van der Waals surface area contributed by atoms with Crippen LogP contribution in [0.25, 0.3) is 0 Å². The van der Waals surface area contributed by atoms with Crippen molar-refractivity contribution in [3.63, 3.8) is 0 Å². The minimum atomic E-state index is 0.0942. The molecule has 0 fully saturated rings. The molecule has 0 spiro atoms. The topological polar surface area (TPSA) is 49.4 Å². The van der Waals surface area contributed by atoms with Crippen molar-refractivity contribution < 1.29 is 9.59 Å². The molecule has 1 aromatic carbocycles. The Morgan fingerprint density at radius 3 is 2.77 bits per heavy atom. The molecule has 0 radical (unpaired) electrons. The molecule has 2 amide bonds. The molecule has 0 saturated carbocycles. The number of benzene rings is 1. The Hall–Kier alpha value is -1.84. The molecule has 22 heavy (non-hydrogen) atoms. The van der Waals surface area contributed by atoms with Crippen molar-refractivity contribution in [1.82, 2.24) is 5.32 Å². The van der Waals surface area contributed by atoms with Gasteiger partial charge in [0.15, 0.2) is 0 Å². The summed E-state index contributed by atoms with van der Waals surface area (Å²) in [5.41, 5.74) is 3.34. The lowest BCUT2D eigenvalue weighted by Gasteiger charge is -2.18. The molecule has 1 aromatic rings. The van der Waals surface area contributed by atoms with Gasteiger partial charge in [0.25, 0.3) is 0 Å². The standard InChI is InChI=1S/C18H26N2O2/c1-4-5-17(21)19-12-14-6-7-16-15(11-14)8-9-20(16)18(22)10-13(2)3/h6-7,11,13H,4-5,8-10,12H2,1-3H3,(H,19,21). The van der Waals surface area contributed by atoms with Crippen LogP contribution in [0.1, 0.15) is 51.2 Å². The number of fused-ring (bicyclic) bond motifs is 1. The van der Waals surface area contributed by atoms with Crippen LogP contribution in [-0.4, -0.2) is 18.4 Å². The average Bonchev–Trinajstić information content (AvgIpc) is 2.88. The van der Waals surface area contributed by atoms with Gasteiger partial charge in [0.2, 0.25) is 11.8 Å². The minimum Gasteiger partial charge on any atom is -0.352 e. The lowest BCUT2D eigenvalue weighted by Crippen LogP contribution is -2.29. The van der Waals surface area contributed by atoms with Gasteiger partial charge >= 0.3 is 0 Å². The second-order valence-electron chi connectivity index (χ2n) is 6.38. The summed E-state index contributed by atoms with van der Waals surface area (Å²) in [7, 11) is 0. The van der Waals surface area contributed by atoms with Gasteiger partial charge in [-0.25, -0.2) is 0 Å². The summed E-state index contributed by atoms with van der Waals surface area (Å²) in [6.45, 7) is 7.46. The first kappa shape index (κ1) is 16.5. The van der Waals surface area contributed by atoms with Gasteiger partial charge in [-0.15, -0.1) is 0 Å². The maximum Gasteiger partial charge on any atom is 0.227 e. The number of anilines is 1. The van der Waals surface area contributed by atoms with E-state index in [1.807, 2.05) is 24.0 Å². The van der Waals surface area contributed by atoms with E-state index in [-0.39, 0.29) is 11.8 Å². The Balaban J connectivity index is 2.01. The van der Waals surface area contributed by atoms with Crippen LogP contribution in [0.4, 0.5) is 5.69 Å². The van der Waals surface area contributed by atoms with Gasteiger partial charge < -0.3 is 10.2 Å². The maximum atomic E-state index is 12.3. The summed E-state index contributed by atoms with van der Waals surface area (Å²) in [5.74, 6) is 0.680. The van der Waals surface area contributed by atoms with Crippen LogP contribution in [0.2, 0.25) is 0 Å². The molecule has 120 valence electrons. The van der Waals surface area contributed by atoms with Crippen molar-refractivity contribution in [2.75, 3.05) is 11.4 Å². The molecule has 0 atom stereocenters. The summed E-state index contributed by atoms with van der Waals surface area (Å²) in [4.78, 5) is 25.7. The number of carbonyl (C=O) groups is 2. The molecule has 0 bridgehead atoms. The van der Waals surface area contributed by atoms with Gasteiger partial charge in [0, 0.05) is 31.6 Å². The molecular weight excluding hydrogens is 276 g/mol. The normalized spacial score (nSPS) is 13.4. The van der Waals surface area contributed by atoms with Crippen LogP contribution in [0.3, 0.4) is 0 Å². The number of amides is 2. The van der Waals surface area contributed by atoms with Crippen molar-refractivity contribution in [3.05, 3.63) is 29.3 Å². The second-order valence-corrected chi connectivity index (χ2v) is 6.38. The largest absolute Gasteiger partial charge is 0.352 e. The molecule has 1 N–H and O–H groups in total. The number of nitrogens with zero attached hydrogens (tertiary/aromatic N) is 1. The predicted octanol–water partition coefficient (Wildman–Crippen LogP) is 3.04. The van der Waals surface area contributed by atoms with Gasteiger partial charge in [0.05, 0.1) is 0 Å². The van der Waals surface area contributed by atoms with Crippen LogP contribution >= 0.6 is 0 Å². The fourth-order valence-electron chi connectivity index (χ4n) is 2.80. The molecular formula is C18H26N2O2. The quantitative estimate of drug-likeness (QED) is 0.878. The van der Waals surface area contributed by atoms with Gasteiger partial charge in [-0.05, 0) is 36.0 Å². The molecule has 1 heterocycles. The third-order valence-corrected chi connectivity index (χ3v) is 3.89. The lowest BCUT2D eigenvalue weighted by atomic mass is 10.1. The van der Waals surface area contributed by atoms with Gasteiger partial charge in [0.1, 0.15) is 0 Å². The Morgan fingerprint density at radius 1 is 1.32 bits per heavy atom. The van der Waals surface area contributed by atoms with Crippen LogP contribution in [0.5, 0.6) is 0 Å². The Kier molecular flexibility index (Phi) is 5.58. The van der Waals surface area contributed by atoms with Crippen LogP contribution in [0.15, 0.2) is 18.2 Å². The third-order valence-electron chi connectivity index (χ3n) is 3.89. The molecule has 0 saturated heterocycles. The number of hydrogen-bond acceptors (Lipinski definition) is 2. The van der Waals surface area contributed by atoms with Crippen molar-refractivity contribution >= 4 is 17.5 Å². The van der Waals surface area contributed by atoms with E-state index in [0.29, 0.717) is 25.3 Å². The van der Waals surface area contributed by atoms with Gasteiger partial charge in [-0.1, -0.05) is 32.9 Å². The number of nitrogens with one attached hydrogen (secondary N) is 1. The van der Waals surface area contributed by atoms with Crippen molar-refractivity contribution in [2.45, 2.75) is 53.0 Å². The van der Waals surface area contributed by atoms with E-state index in [4.69, 9.17) is 0 Å². The fraction of sp³-hybridized carbons (Fsp3) is 0.556. The summed E-state index contributed by atoms with van der Waals surface area (Å²) < 4.78 is 0. The van der Waals surface area contributed by atoms with Crippen LogP contribution in [-0.2, 0) is 22.6 Å². The van der Waals surface area contributed by atoms with E-state index < -0.39 is 0 Å². The summed E-state index contributed by atoms with van der Waals surface area (Å²) in [6.07, 6.45) is 2.93. The van der Waals surface area contributed by atoms with Crippen molar-refractivity contribution in [3.8, 4) is 0 Å². The number of carbonyl (C=O) groups excluding carboxylic acids is 2. The monoisotopic (exact) mass is 302 g/mol. The first-order valence-electron chi connectivity index (χ1n) is 8.20. The SMILES string of the molecule is CCCC(=O)NCc1ccc2c(c1)CCN2C(=O)CC(C)C. The summed E-state index contributed by atoms with van der Waals surface area (Å²) in [5, 5.41) is 2.93. The summed E-state index contributed by atoms with van der Waals surface area (Å²) >= 11 is 0. The lowest BCUT2D eigenvalue weighted by molar-refractivity contribution is -0.121. The predicted molar refractivity (Wildman–Crippen MR) is 88.7 cm³/mol. The second kappa shape index (κ2) is 7.43. The first-order chi connectivity index (χ1) is 10.5. The van der Waals surface area contributed by atoms with Crippen molar-refractivity contribution in [2.24, 2.45) is 5.92 Å². The highest BCUT2D eigenvalue weighted by Gasteiger charge is 2.24. The van der Waals surface area contributed by atoms with E-state index in [9.17, 15) is 9.59 Å². The molecule has 1 aliphatic heterocycles. The Bertz CT molecular complexity index is 552. The number of rotatable bonds is 6. The minimum absolute atomic E-state index is 0.0942. The smallest absolute Gasteiger partial charge is 0.227 e. The molecule has 4 heteroatoms. The van der Waals surface area contributed by atoms with Gasteiger partial charge in [-0.2, -0.15) is 0 Å². The van der Waals surface area contributed by atoms with E-state index in [1.54, 1.807) is 0 Å². The highest BCUT2D eigenvalue weighted by Crippen LogP contribution is 2.29. The van der Waals surface area contributed by atoms with Crippen molar-refractivity contribution in [1.29, 1.82) is 0 Å². The molecule has 2 rings (SSSR count). The first-order valence-corrected chi connectivity index (χ1v) is 8.20. The van der Waals surface area contributed by atoms with Crippen LogP contribution in [0, 0.1) is 5.92 Å². The molecule has 0 aromatic heterocycles. The zero-order valence-corrected chi connectivity index (χ0v) is 13.8. The average molecular weight is 302 g/mol. The van der Waals surface area contributed by atoms with E-state index in [2.05, 4.69) is 25.2 Å². The van der Waals surface area contributed by atoms with Crippen LogP contribution < -0.4 is 10.2 Å². The third kappa shape index (κ3) is 4.09. The zero-order chi connectivity index (χ0) is 16.1. The molecule has 4 nitrogen and oxygen atoms in total. The highest BCUT2D eigenvalue weighted by molar-refractivity contribution is 5.95. The van der Waals surface area contributed by atoms with E-state index in [0.717, 1.165) is 30.6 Å². The Morgan fingerprint density at radius 2 is 2.09 bits per heavy atom. The summed E-state index contributed by atoms with van der Waals surface area (Å²) in [6, 6.07) is 6.14. The fourth-order valence-corrected chi connectivity index (χ4v) is 2.80. The molecule has 1 aliphatic rings. The maximum absolute atomic E-state index is 12.3. The zero-order valence-electron chi connectivity index (χ0n) is 13.8. The highest BCUT2D eigenvalue weighted by atomic mass is 16.2. The van der Waals surface area contributed by atoms with Gasteiger partial charge in [-0.3, -0.25) is 9.59 Å². The van der Waals surface area contributed by atoms with E-state index in [1.165, 1.54) is 5.56 Å². The molecule has 0 unspecified atom stereocenters. The van der Waals surface area contributed by atoms with E-state index >= 15 is 0 Å². The Labute approximate surface area is 132 Å². The molecule has 0 aliphatic carbocycles.